The molecule has 0 aliphatic rings. The first kappa shape index (κ1) is 15.3. The van der Waals surface area contributed by atoms with Crippen molar-refractivity contribution < 1.29 is 18.0 Å². The molecule has 0 unspecified atom stereocenters. The summed E-state index contributed by atoms with van der Waals surface area (Å²) in [7, 11) is 0. The van der Waals surface area contributed by atoms with Crippen LogP contribution in [0, 0.1) is 0 Å². The van der Waals surface area contributed by atoms with Gasteiger partial charge in [-0.3, -0.25) is 4.79 Å². The lowest BCUT2D eigenvalue weighted by Gasteiger charge is -2.26. The molecule has 4 nitrogen and oxygen atoms in total. The number of hydrogen-bond donors (Lipinski definition) is 3. The largest absolute Gasteiger partial charge is 0.417 e. The zero-order valence-corrected chi connectivity index (χ0v) is 10.6. The first-order valence-electron chi connectivity index (χ1n) is 5.56. The van der Waals surface area contributed by atoms with Crippen LogP contribution in [0.2, 0.25) is 0 Å². The van der Waals surface area contributed by atoms with Crippen molar-refractivity contribution in [1.29, 1.82) is 0 Å². The summed E-state index contributed by atoms with van der Waals surface area (Å²) >= 11 is 0. The monoisotopic (exact) mass is 275 g/mol. The van der Waals surface area contributed by atoms with Gasteiger partial charge in [-0.1, -0.05) is 0 Å². The molecule has 1 aromatic rings. The molecule has 0 bridgehead atoms. The molecule has 106 valence electrons. The molecule has 19 heavy (non-hydrogen) atoms. The first-order chi connectivity index (χ1) is 8.57. The second kappa shape index (κ2) is 5.08. The van der Waals surface area contributed by atoms with Crippen LogP contribution in [0.5, 0.6) is 0 Å². The van der Waals surface area contributed by atoms with Gasteiger partial charge >= 0.3 is 6.18 Å². The third kappa shape index (κ3) is 3.85. The Balaban J connectivity index is 3.23. The molecule has 1 rings (SSSR count). The highest BCUT2D eigenvalue weighted by Gasteiger charge is 2.35. The van der Waals surface area contributed by atoms with Crippen molar-refractivity contribution in [3.8, 4) is 0 Å². The van der Waals surface area contributed by atoms with Gasteiger partial charge in [-0.05, 0) is 32.0 Å². The standard InChI is InChI=1S/C12H16F3N3O/c1-11(2,6-16)18-7-3-4-8(10(17)19)9(5-7)12(13,14)15/h3-5,18H,6,16H2,1-2H3,(H2,17,19). The molecule has 0 heterocycles. The van der Waals surface area contributed by atoms with E-state index in [1.807, 2.05) is 0 Å². The summed E-state index contributed by atoms with van der Waals surface area (Å²) in [5.74, 6) is -1.11. The number of rotatable bonds is 4. The minimum absolute atomic E-state index is 0.229. The number of carbonyl (C=O) groups is 1. The summed E-state index contributed by atoms with van der Waals surface area (Å²) in [4.78, 5) is 11.0. The van der Waals surface area contributed by atoms with Crippen molar-refractivity contribution in [1.82, 2.24) is 0 Å². The molecular weight excluding hydrogens is 259 g/mol. The Labute approximate surface area is 109 Å². The number of primary amides is 1. The van der Waals surface area contributed by atoms with Crippen LogP contribution in [-0.2, 0) is 6.18 Å². The summed E-state index contributed by atoms with van der Waals surface area (Å²) in [6.45, 7) is 3.75. The topological polar surface area (TPSA) is 81.1 Å². The van der Waals surface area contributed by atoms with Gasteiger partial charge in [0.2, 0.25) is 5.91 Å². The fraction of sp³-hybridized carbons (Fsp3) is 0.417. The summed E-state index contributed by atoms with van der Waals surface area (Å²) in [5.41, 5.74) is 8.49. The van der Waals surface area contributed by atoms with Crippen LogP contribution in [0.1, 0.15) is 29.8 Å². The van der Waals surface area contributed by atoms with E-state index in [0.29, 0.717) is 0 Å². The van der Waals surface area contributed by atoms with E-state index in [1.54, 1.807) is 13.8 Å². The lowest BCUT2D eigenvalue weighted by molar-refractivity contribution is -0.137. The predicted octanol–water partition coefficient (Wildman–Crippen LogP) is 1.95. The number of halogens is 3. The fourth-order valence-corrected chi connectivity index (χ4v) is 1.51. The van der Waals surface area contributed by atoms with Gasteiger partial charge in [0.1, 0.15) is 0 Å². The third-order valence-corrected chi connectivity index (χ3v) is 2.58. The van der Waals surface area contributed by atoms with Crippen molar-refractivity contribution in [3.63, 3.8) is 0 Å². The molecule has 5 N–H and O–H groups in total. The van der Waals surface area contributed by atoms with E-state index in [9.17, 15) is 18.0 Å². The molecule has 7 heteroatoms. The number of hydrogen-bond acceptors (Lipinski definition) is 3. The van der Waals surface area contributed by atoms with E-state index in [4.69, 9.17) is 11.5 Å². The van der Waals surface area contributed by atoms with Crippen LogP contribution < -0.4 is 16.8 Å². The van der Waals surface area contributed by atoms with Gasteiger partial charge in [-0.25, -0.2) is 0 Å². The summed E-state index contributed by atoms with van der Waals surface area (Å²) < 4.78 is 38.5. The number of alkyl halides is 3. The van der Waals surface area contributed by atoms with Gasteiger partial charge in [0.15, 0.2) is 0 Å². The average molecular weight is 275 g/mol. The fourth-order valence-electron chi connectivity index (χ4n) is 1.51. The maximum atomic E-state index is 12.8. The molecule has 0 spiro atoms. The Morgan fingerprint density at radius 1 is 1.32 bits per heavy atom. The molecule has 1 amide bonds. The normalized spacial score (nSPS) is 12.3. The van der Waals surface area contributed by atoms with Crippen molar-refractivity contribution in [2.75, 3.05) is 11.9 Å². The van der Waals surface area contributed by atoms with E-state index in [0.717, 1.165) is 12.1 Å². The second-order valence-corrected chi connectivity index (χ2v) is 4.84. The molecular formula is C12H16F3N3O. The lowest BCUT2D eigenvalue weighted by atomic mass is 10.0. The quantitative estimate of drug-likeness (QED) is 0.785. The van der Waals surface area contributed by atoms with E-state index in [2.05, 4.69) is 5.32 Å². The molecule has 0 saturated heterocycles. The highest BCUT2D eigenvalue weighted by molar-refractivity contribution is 5.95. The number of nitrogens with two attached hydrogens (primary N) is 2. The van der Waals surface area contributed by atoms with Crippen LogP contribution in [0.4, 0.5) is 18.9 Å². The Bertz CT molecular complexity index is 484. The van der Waals surface area contributed by atoms with Gasteiger partial charge in [-0.15, -0.1) is 0 Å². The van der Waals surface area contributed by atoms with Crippen LogP contribution in [-0.4, -0.2) is 18.0 Å². The summed E-state index contributed by atoms with van der Waals surface area (Å²) in [6.07, 6.45) is -4.64. The molecule has 0 saturated carbocycles. The lowest BCUT2D eigenvalue weighted by Crippen LogP contribution is -2.39. The van der Waals surface area contributed by atoms with Crippen LogP contribution in [0.15, 0.2) is 18.2 Å². The second-order valence-electron chi connectivity index (χ2n) is 4.84. The van der Waals surface area contributed by atoms with Gasteiger partial charge in [0, 0.05) is 17.8 Å². The third-order valence-electron chi connectivity index (χ3n) is 2.58. The summed E-state index contributed by atoms with van der Waals surface area (Å²) in [5, 5.41) is 2.87. The first-order valence-corrected chi connectivity index (χ1v) is 5.56. The maximum absolute atomic E-state index is 12.8. The molecule has 1 aromatic carbocycles. The van der Waals surface area contributed by atoms with Gasteiger partial charge in [0.05, 0.1) is 11.1 Å². The molecule has 0 atom stereocenters. The SMILES string of the molecule is CC(C)(CN)Nc1ccc(C(N)=O)c(C(F)(F)F)c1. The number of benzene rings is 1. The van der Waals surface area contributed by atoms with Gasteiger partial charge < -0.3 is 16.8 Å². The number of anilines is 1. The Morgan fingerprint density at radius 2 is 1.89 bits per heavy atom. The van der Waals surface area contributed by atoms with E-state index >= 15 is 0 Å². The van der Waals surface area contributed by atoms with Gasteiger partial charge in [-0.2, -0.15) is 13.2 Å². The van der Waals surface area contributed by atoms with Crippen molar-refractivity contribution >= 4 is 11.6 Å². The molecule has 0 aliphatic carbocycles. The highest BCUT2D eigenvalue weighted by Crippen LogP contribution is 2.34. The minimum atomic E-state index is -4.64. The van der Waals surface area contributed by atoms with Gasteiger partial charge in [0.25, 0.3) is 0 Å². The van der Waals surface area contributed by atoms with E-state index in [1.165, 1.54) is 6.07 Å². The number of amides is 1. The highest BCUT2D eigenvalue weighted by atomic mass is 19.4. The Kier molecular flexibility index (Phi) is 4.09. The summed E-state index contributed by atoms with van der Waals surface area (Å²) in [6, 6.07) is 3.28. The zero-order valence-electron chi connectivity index (χ0n) is 10.6. The van der Waals surface area contributed by atoms with Crippen LogP contribution in [0.25, 0.3) is 0 Å². The smallest absolute Gasteiger partial charge is 0.379 e. The predicted molar refractivity (Wildman–Crippen MR) is 66.7 cm³/mol. The Morgan fingerprint density at radius 3 is 2.32 bits per heavy atom. The van der Waals surface area contributed by atoms with Crippen molar-refractivity contribution in [2.24, 2.45) is 11.5 Å². The number of carbonyl (C=O) groups excluding carboxylic acids is 1. The van der Waals surface area contributed by atoms with Crippen molar-refractivity contribution in [3.05, 3.63) is 29.3 Å². The molecule has 0 fully saturated rings. The van der Waals surface area contributed by atoms with Crippen molar-refractivity contribution in [2.45, 2.75) is 25.6 Å². The zero-order chi connectivity index (χ0) is 14.8. The minimum Gasteiger partial charge on any atom is -0.379 e. The Hall–Kier alpha value is -1.76. The molecule has 0 radical (unpaired) electrons. The molecule has 0 aromatic heterocycles. The molecule has 0 aliphatic heterocycles. The van der Waals surface area contributed by atoms with E-state index in [-0.39, 0.29) is 12.2 Å². The van der Waals surface area contributed by atoms with Crippen LogP contribution >= 0.6 is 0 Å². The maximum Gasteiger partial charge on any atom is 0.417 e. The average Bonchev–Trinajstić information content (AvgIpc) is 2.27. The number of nitrogens with one attached hydrogen (secondary N) is 1. The van der Waals surface area contributed by atoms with Crippen LogP contribution in [0.3, 0.4) is 0 Å². The van der Waals surface area contributed by atoms with E-state index < -0.39 is 28.7 Å².